The molecule has 0 aliphatic rings. The minimum absolute atomic E-state index is 0.0366. The molecule has 2 heteroatoms. The first-order chi connectivity index (χ1) is 8.25. The number of benzene rings is 2. The van der Waals surface area contributed by atoms with E-state index < -0.39 is 0 Å². The lowest BCUT2D eigenvalue weighted by atomic mass is 10.0. The Labute approximate surface area is 101 Å². The van der Waals surface area contributed by atoms with Gasteiger partial charge in [0, 0.05) is 5.69 Å². The normalized spacial score (nSPS) is 9.88. The van der Waals surface area contributed by atoms with Crippen molar-refractivity contribution >= 4 is 5.69 Å². The molecule has 2 nitrogen and oxygen atoms in total. The molecule has 86 valence electrons. The molecule has 0 atom stereocenters. The van der Waals surface area contributed by atoms with Crippen LogP contribution in [0.5, 0.6) is 0 Å². The van der Waals surface area contributed by atoms with E-state index >= 15 is 0 Å². The van der Waals surface area contributed by atoms with Crippen LogP contribution in [0.15, 0.2) is 67.1 Å². The van der Waals surface area contributed by atoms with Gasteiger partial charge in [-0.3, -0.25) is 0 Å². The van der Waals surface area contributed by atoms with Crippen LogP contribution >= 0.6 is 0 Å². The van der Waals surface area contributed by atoms with Crippen LogP contribution in [0.4, 0.5) is 5.69 Å². The molecule has 0 radical (unpaired) electrons. The molecular weight excluding hydrogens is 210 g/mol. The van der Waals surface area contributed by atoms with Gasteiger partial charge in [-0.1, -0.05) is 48.5 Å². The third kappa shape index (κ3) is 3.11. The first-order valence-corrected chi connectivity index (χ1v) is 5.52. The summed E-state index contributed by atoms with van der Waals surface area (Å²) in [6.07, 6.45) is 0.831. The molecular formula is C15H15NO. The average molecular weight is 225 g/mol. The molecule has 0 saturated carbocycles. The van der Waals surface area contributed by atoms with Gasteiger partial charge in [-0.25, -0.2) is 0 Å². The highest BCUT2D eigenvalue weighted by molar-refractivity contribution is 5.55. The predicted octanol–water partition coefficient (Wildman–Crippen LogP) is 3.72. The van der Waals surface area contributed by atoms with Crippen LogP contribution in [0.1, 0.15) is 11.1 Å². The maximum atomic E-state index is 9.19. The third-order valence-electron chi connectivity index (χ3n) is 2.53. The summed E-state index contributed by atoms with van der Waals surface area (Å²) >= 11 is 0. The fourth-order valence-corrected chi connectivity index (χ4v) is 1.77. The van der Waals surface area contributed by atoms with Crippen molar-refractivity contribution in [2.24, 2.45) is 0 Å². The van der Waals surface area contributed by atoms with Gasteiger partial charge >= 0.3 is 0 Å². The second-order valence-corrected chi connectivity index (χ2v) is 3.89. The Bertz CT molecular complexity index is 505. The molecule has 0 aliphatic heterocycles. The number of hydrogen-bond acceptors (Lipinski definition) is 2. The predicted molar refractivity (Wildman–Crippen MR) is 71.1 cm³/mol. The SMILES string of the molecule is C=C(O)Nc1ccccc1Cc1ccccc1. The van der Waals surface area contributed by atoms with Gasteiger partial charge in [0.15, 0.2) is 5.88 Å². The smallest absolute Gasteiger partial charge is 0.181 e. The molecule has 0 aliphatic carbocycles. The minimum Gasteiger partial charge on any atom is -0.495 e. The van der Waals surface area contributed by atoms with Gasteiger partial charge in [-0.2, -0.15) is 0 Å². The maximum Gasteiger partial charge on any atom is 0.181 e. The molecule has 2 aromatic rings. The van der Waals surface area contributed by atoms with Gasteiger partial charge in [0.1, 0.15) is 0 Å². The van der Waals surface area contributed by atoms with E-state index in [4.69, 9.17) is 0 Å². The van der Waals surface area contributed by atoms with E-state index in [0.717, 1.165) is 17.7 Å². The third-order valence-corrected chi connectivity index (χ3v) is 2.53. The van der Waals surface area contributed by atoms with Crippen molar-refractivity contribution in [1.82, 2.24) is 0 Å². The number of anilines is 1. The van der Waals surface area contributed by atoms with Crippen molar-refractivity contribution in [3.05, 3.63) is 78.2 Å². The van der Waals surface area contributed by atoms with Crippen molar-refractivity contribution in [2.45, 2.75) is 6.42 Å². The summed E-state index contributed by atoms with van der Waals surface area (Å²) in [5.74, 6) is -0.0366. The molecule has 0 saturated heterocycles. The van der Waals surface area contributed by atoms with Gasteiger partial charge < -0.3 is 10.4 Å². The second kappa shape index (κ2) is 5.21. The Balaban J connectivity index is 2.23. The van der Waals surface area contributed by atoms with E-state index in [1.807, 2.05) is 42.5 Å². The van der Waals surface area contributed by atoms with Crippen LogP contribution in [-0.2, 0) is 6.42 Å². The number of hydrogen-bond donors (Lipinski definition) is 2. The molecule has 2 aromatic carbocycles. The van der Waals surface area contributed by atoms with E-state index in [1.54, 1.807) is 0 Å². The Morgan fingerprint density at radius 3 is 2.35 bits per heavy atom. The van der Waals surface area contributed by atoms with Crippen molar-refractivity contribution in [1.29, 1.82) is 0 Å². The number of aliphatic hydroxyl groups is 1. The summed E-state index contributed by atoms with van der Waals surface area (Å²) in [6.45, 7) is 3.44. The second-order valence-electron chi connectivity index (χ2n) is 3.89. The number of nitrogens with one attached hydrogen (secondary N) is 1. The first-order valence-electron chi connectivity index (χ1n) is 5.52. The van der Waals surface area contributed by atoms with Crippen LogP contribution in [0.25, 0.3) is 0 Å². The standard InChI is InChI=1S/C15H15NO/c1-12(17)16-15-10-6-5-9-14(15)11-13-7-3-2-4-8-13/h2-10,16-17H,1,11H2. The zero-order chi connectivity index (χ0) is 12.1. The number of para-hydroxylation sites is 1. The van der Waals surface area contributed by atoms with E-state index in [9.17, 15) is 5.11 Å². The Morgan fingerprint density at radius 2 is 1.65 bits per heavy atom. The van der Waals surface area contributed by atoms with Gasteiger partial charge in [0.25, 0.3) is 0 Å². The van der Waals surface area contributed by atoms with Crippen LogP contribution in [0.2, 0.25) is 0 Å². The van der Waals surface area contributed by atoms with E-state index in [-0.39, 0.29) is 5.88 Å². The summed E-state index contributed by atoms with van der Waals surface area (Å²) in [5.41, 5.74) is 3.27. The fraction of sp³-hybridized carbons (Fsp3) is 0.0667. The molecule has 0 aromatic heterocycles. The highest BCUT2D eigenvalue weighted by atomic mass is 16.3. The Kier molecular flexibility index (Phi) is 3.46. The maximum absolute atomic E-state index is 9.19. The largest absolute Gasteiger partial charge is 0.495 e. The summed E-state index contributed by atoms with van der Waals surface area (Å²) in [7, 11) is 0. The van der Waals surface area contributed by atoms with Gasteiger partial charge in [0.05, 0.1) is 0 Å². The van der Waals surface area contributed by atoms with Crippen LogP contribution < -0.4 is 5.32 Å². The average Bonchev–Trinajstić information content (AvgIpc) is 2.32. The molecule has 2 rings (SSSR count). The van der Waals surface area contributed by atoms with Crippen molar-refractivity contribution in [2.75, 3.05) is 5.32 Å². The lowest BCUT2D eigenvalue weighted by molar-refractivity contribution is 0.422. The van der Waals surface area contributed by atoms with Crippen molar-refractivity contribution < 1.29 is 5.11 Å². The van der Waals surface area contributed by atoms with E-state index in [2.05, 4.69) is 24.0 Å². The van der Waals surface area contributed by atoms with E-state index in [1.165, 1.54) is 5.56 Å². The highest BCUT2D eigenvalue weighted by Crippen LogP contribution is 2.19. The molecule has 17 heavy (non-hydrogen) atoms. The first kappa shape index (κ1) is 11.3. The number of aliphatic hydroxyl groups excluding tert-OH is 1. The summed E-state index contributed by atoms with van der Waals surface area (Å²) in [5, 5.41) is 12.0. The molecule has 2 N–H and O–H groups in total. The van der Waals surface area contributed by atoms with Gasteiger partial charge in [-0.05, 0) is 30.2 Å². The van der Waals surface area contributed by atoms with Gasteiger partial charge in [-0.15, -0.1) is 0 Å². The monoisotopic (exact) mass is 225 g/mol. The zero-order valence-electron chi connectivity index (χ0n) is 9.56. The molecule has 0 heterocycles. The summed E-state index contributed by atoms with van der Waals surface area (Å²) in [6, 6.07) is 18.1. The molecule has 0 fully saturated rings. The molecule has 0 unspecified atom stereocenters. The van der Waals surface area contributed by atoms with E-state index in [0.29, 0.717) is 0 Å². The molecule has 0 bridgehead atoms. The lowest BCUT2D eigenvalue weighted by Crippen LogP contribution is -2.00. The highest BCUT2D eigenvalue weighted by Gasteiger charge is 2.02. The van der Waals surface area contributed by atoms with Crippen molar-refractivity contribution in [3.63, 3.8) is 0 Å². The zero-order valence-corrected chi connectivity index (χ0v) is 9.56. The summed E-state index contributed by atoms with van der Waals surface area (Å²) < 4.78 is 0. The number of rotatable bonds is 4. The Hall–Kier alpha value is -2.22. The van der Waals surface area contributed by atoms with Crippen LogP contribution in [0, 0.1) is 0 Å². The lowest BCUT2D eigenvalue weighted by Gasteiger charge is -2.10. The Morgan fingerprint density at radius 1 is 1.00 bits per heavy atom. The fourth-order valence-electron chi connectivity index (χ4n) is 1.77. The molecule has 0 amide bonds. The van der Waals surface area contributed by atoms with Gasteiger partial charge in [0.2, 0.25) is 0 Å². The quantitative estimate of drug-likeness (QED) is 0.777. The van der Waals surface area contributed by atoms with Crippen LogP contribution in [0.3, 0.4) is 0 Å². The van der Waals surface area contributed by atoms with Crippen LogP contribution in [-0.4, -0.2) is 5.11 Å². The van der Waals surface area contributed by atoms with Crippen molar-refractivity contribution in [3.8, 4) is 0 Å². The summed E-state index contributed by atoms with van der Waals surface area (Å²) in [4.78, 5) is 0. The minimum atomic E-state index is -0.0366. The topological polar surface area (TPSA) is 32.3 Å². The molecule has 0 spiro atoms.